The van der Waals surface area contributed by atoms with E-state index >= 15 is 0 Å². The quantitative estimate of drug-likeness (QED) is 0.480. The van der Waals surface area contributed by atoms with Crippen LogP contribution in [0.3, 0.4) is 0 Å². The highest BCUT2D eigenvalue weighted by atomic mass is 35.5. The van der Waals surface area contributed by atoms with E-state index in [0.29, 0.717) is 5.57 Å². The van der Waals surface area contributed by atoms with Gasteiger partial charge < -0.3 is 10.6 Å². The van der Waals surface area contributed by atoms with Crippen LogP contribution >= 0.6 is 35.1 Å². The summed E-state index contributed by atoms with van der Waals surface area (Å²) in [5.41, 5.74) is 0.00382. The van der Waals surface area contributed by atoms with Gasteiger partial charge in [0.15, 0.2) is 0 Å². The minimum atomic E-state index is -4.58. The molecule has 2 aromatic rings. The molecule has 1 aliphatic heterocycles. The molecule has 1 atom stereocenters. The number of nitrogens with one attached hydrogen (secondary N) is 2. The van der Waals surface area contributed by atoms with Crippen molar-refractivity contribution < 1.29 is 22.8 Å². The Bertz CT molecular complexity index is 1150. The fourth-order valence-electron chi connectivity index (χ4n) is 3.18. The molecule has 0 unspecified atom stereocenters. The molecule has 0 saturated carbocycles. The van der Waals surface area contributed by atoms with Crippen LogP contribution in [0.1, 0.15) is 23.5 Å². The summed E-state index contributed by atoms with van der Waals surface area (Å²) in [5, 5.41) is 14.9. The molecule has 33 heavy (non-hydrogen) atoms. The molecule has 0 fully saturated rings. The highest BCUT2D eigenvalue weighted by Crippen LogP contribution is 2.37. The monoisotopic (exact) mass is 511 g/mol. The fraction of sp³-hybridized carbons (Fsp3) is 0.227. The van der Waals surface area contributed by atoms with Crippen LogP contribution in [-0.4, -0.2) is 23.8 Å². The molecular weight excluding hydrogens is 495 g/mol. The molecule has 5 nitrogen and oxygen atoms in total. The molecule has 0 spiro atoms. The first-order valence-electron chi connectivity index (χ1n) is 9.50. The number of hydrogen-bond donors (Lipinski definition) is 2. The number of nitriles is 1. The van der Waals surface area contributed by atoms with Crippen LogP contribution in [0.5, 0.6) is 0 Å². The number of nitrogens with zero attached hydrogens (tertiary/aromatic N) is 1. The van der Waals surface area contributed by atoms with Gasteiger partial charge in [-0.3, -0.25) is 9.59 Å². The van der Waals surface area contributed by atoms with Crippen molar-refractivity contribution in [1.82, 2.24) is 5.32 Å². The smallest absolute Gasteiger partial charge is 0.324 e. The van der Waals surface area contributed by atoms with E-state index in [1.807, 2.05) is 30.5 Å². The molecule has 0 aliphatic carbocycles. The number of alkyl halides is 3. The normalized spacial score (nSPS) is 16.2. The average molecular weight is 512 g/mol. The molecule has 172 valence electrons. The maximum absolute atomic E-state index is 12.9. The van der Waals surface area contributed by atoms with E-state index in [-0.39, 0.29) is 33.8 Å². The molecule has 0 bridgehead atoms. The van der Waals surface area contributed by atoms with Crippen molar-refractivity contribution >= 4 is 52.6 Å². The first-order chi connectivity index (χ1) is 15.6. The average Bonchev–Trinajstić information content (AvgIpc) is 2.78. The number of carbonyl (C=O) groups is 2. The Kier molecular flexibility index (Phi) is 8.00. The van der Waals surface area contributed by atoms with Gasteiger partial charge in [-0.15, -0.1) is 11.8 Å². The van der Waals surface area contributed by atoms with Crippen LogP contribution in [0.4, 0.5) is 18.9 Å². The largest absolute Gasteiger partial charge is 0.416 e. The number of carbonyl (C=O) groups excluding carboxylic acids is 2. The predicted molar refractivity (Wildman–Crippen MR) is 124 cm³/mol. The van der Waals surface area contributed by atoms with Gasteiger partial charge in [-0.1, -0.05) is 35.5 Å². The number of allylic oxidation sites excluding steroid dienone is 1. The highest BCUT2D eigenvalue weighted by molar-refractivity contribution is 8.03. The summed E-state index contributed by atoms with van der Waals surface area (Å²) in [6.07, 6.45) is -2.55. The number of benzene rings is 2. The van der Waals surface area contributed by atoms with Crippen LogP contribution in [0, 0.1) is 11.3 Å². The Morgan fingerprint density at radius 2 is 1.97 bits per heavy atom. The van der Waals surface area contributed by atoms with Gasteiger partial charge >= 0.3 is 6.18 Å². The number of halogens is 4. The van der Waals surface area contributed by atoms with E-state index in [2.05, 4.69) is 16.7 Å². The van der Waals surface area contributed by atoms with E-state index in [0.717, 1.165) is 40.4 Å². The van der Waals surface area contributed by atoms with Crippen LogP contribution in [-0.2, 0) is 15.8 Å². The summed E-state index contributed by atoms with van der Waals surface area (Å²) < 4.78 is 38.8. The zero-order chi connectivity index (χ0) is 24.2. The molecule has 2 amide bonds. The third-order valence-electron chi connectivity index (χ3n) is 4.79. The van der Waals surface area contributed by atoms with E-state index in [1.54, 1.807) is 11.8 Å². The summed E-state index contributed by atoms with van der Waals surface area (Å²) in [5.74, 6) is -1.63. The molecule has 2 aromatic carbocycles. The van der Waals surface area contributed by atoms with Crippen LogP contribution in [0.2, 0.25) is 5.02 Å². The molecular formula is C22H17ClF3N3O2S2. The lowest BCUT2D eigenvalue weighted by Crippen LogP contribution is -2.31. The minimum Gasteiger partial charge on any atom is -0.324 e. The zero-order valence-electron chi connectivity index (χ0n) is 17.1. The Morgan fingerprint density at radius 3 is 2.58 bits per heavy atom. The van der Waals surface area contributed by atoms with E-state index in [1.165, 1.54) is 0 Å². The lowest BCUT2D eigenvalue weighted by atomic mass is 9.87. The Balaban J connectivity index is 1.76. The topological polar surface area (TPSA) is 82.0 Å². The first kappa shape index (κ1) is 25.0. The second-order valence-corrected chi connectivity index (χ2v) is 9.23. The molecule has 0 aromatic heterocycles. The summed E-state index contributed by atoms with van der Waals surface area (Å²) in [6, 6.07) is 12.3. The number of anilines is 1. The fourth-order valence-corrected chi connectivity index (χ4v) is 4.63. The van der Waals surface area contributed by atoms with Crippen LogP contribution in [0.15, 0.2) is 58.0 Å². The van der Waals surface area contributed by atoms with Crippen molar-refractivity contribution in [2.75, 3.05) is 17.3 Å². The van der Waals surface area contributed by atoms with Gasteiger partial charge in [-0.05, 0) is 42.2 Å². The van der Waals surface area contributed by atoms with Gasteiger partial charge in [0.05, 0.1) is 38.7 Å². The van der Waals surface area contributed by atoms with Crippen molar-refractivity contribution in [1.29, 1.82) is 5.26 Å². The number of hydrogen-bond acceptors (Lipinski definition) is 5. The van der Waals surface area contributed by atoms with E-state index in [4.69, 9.17) is 11.6 Å². The summed E-state index contributed by atoms with van der Waals surface area (Å²) in [6.45, 7) is 0. The van der Waals surface area contributed by atoms with Crippen LogP contribution < -0.4 is 10.6 Å². The highest BCUT2D eigenvalue weighted by Gasteiger charge is 2.32. The second kappa shape index (κ2) is 10.5. The second-order valence-electron chi connectivity index (χ2n) is 6.96. The summed E-state index contributed by atoms with van der Waals surface area (Å²) in [7, 11) is 0. The first-order valence-corrected chi connectivity index (χ1v) is 12.1. The Labute approximate surface area is 201 Å². The number of thioether (sulfide) groups is 2. The maximum Gasteiger partial charge on any atom is 0.416 e. The SMILES string of the molecule is CSc1ccc([C@@H]2CC(=O)NC(SCC(=O)Nc3cc(C(F)(F)F)ccc3Cl)=C2C#N)cc1. The van der Waals surface area contributed by atoms with Gasteiger partial charge in [-0.25, -0.2) is 0 Å². The number of rotatable bonds is 6. The van der Waals surface area contributed by atoms with Crippen molar-refractivity contribution in [2.45, 2.75) is 23.4 Å². The summed E-state index contributed by atoms with van der Waals surface area (Å²) >= 11 is 8.41. The zero-order valence-corrected chi connectivity index (χ0v) is 19.5. The Hall–Kier alpha value is -2.61. The van der Waals surface area contributed by atoms with Gasteiger partial charge in [0.2, 0.25) is 11.8 Å². The molecule has 11 heteroatoms. The molecule has 2 N–H and O–H groups in total. The summed E-state index contributed by atoms with van der Waals surface area (Å²) in [4.78, 5) is 25.7. The minimum absolute atomic E-state index is 0.0435. The number of amides is 2. The molecule has 1 heterocycles. The lowest BCUT2D eigenvalue weighted by molar-refractivity contribution is -0.137. The molecule has 3 rings (SSSR count). The van der Waals surface area contributed by atoms with Crippen molar-refractivity contribution in [3.8, 4) is 6.07 Å². The third-order valence-corrected chi connectivity index (χ3v) is 6.88. The third kappa shape index (κ3) is 6.25. The lowest BCUT2D eigenvalue weighted by Gasteiger charge is -2.25. The predicted octanol–water partition coefficient (Wildman–Crippen LogP) is 5.79. The van der Waals surface area contributed by atoms with E-state index in [9.17, 15) is 28.0 Å². The van der Waals surface area contributed by atoms with Crippen molar-refractivity contribution in [2.24, 2.45) is 0 Å². The molecule has 0 saturated heterocycles. The standard InChI is InChI=1S/C22H17ClF3N3O2S2/c1-32-14-5-2-12(3-6-14)15-9-19(30)29-21(16(15)10-27)33-11-20(31)28-18-8-13(22(24,25)26)4-7-17(18)23/h2-8,15H,9,11H2,1H3,(H,28,31)(H,29,30)/t15-/m0/s1. The van der Waals surface area contributed by atoms with Gasteiger partial charge in [-0.2, -0.15) is 18.4 Å². The van der Waals surface area contributed by atoms with Gasteiger partial charge in [0, 0.05) is 17.2 Å². The Morgan fingerprint density at radius 1 is 1.27 bits per heavy atom. The van der Waals surface area contributed by atoms with Gasteiger partial charge in [0.25, 0.3) is 0 Å². The molecule has 1 aliphatic rings. The van der Waals surface area contributed by atoms with Crippen molar-refractivity contribution in [3.05, 3.63) is 69.2 Å². The molecule has 0 radical (unpaired) electrons. The van der Waals surface area contributed by atoms with Crippen molar-refractivity contribution in [3.63, 3.8) is 0 Å². The van der Waals surface area contributed by atoms with E-state index < -0.39 is 23.6 Å². The maximum atomic E-state index is 12.9. The van der Waals surface area contributed by atoms with Crippen LogP contribution in [0.25, 0.3) is 0 Å². The van der Waals surface area contributed by atoms with Gasteiger partial charge in [0.1, 0.15) is 0 Å².